The zero-order valence-electron chi connectivity index (χ0n) is 8.51. The highest BCUT2D eigenvalue weighted by atomic mass is 16.3. The fourth-order valence-electron chi connectivity index (χ4n) is 2.63. The van der Waals surface area contributed by atoms with Crippen LogP contribution in [-0.4, -0.2) is 11.2 Å². The van der Waals surface area contributed by atoms with Gasteiger partial charge in [0.15, 0.2) is 0 Å². The second-order valence-electron chi connectivity index (χ2n) is 4.61. The first-order valence-corrected chi connectivity index (χ1v) is 5.19. The Kier molecular flexibility index (Phi) is 2.07. The van der Waals surface area contributed by atoms with Gasteiger partial charge in [-0.15, -0.1) is 0 Å². The Morgan fingerprint density at radius 1 is 1.54 bits per heavy atom. The molecule has 1 heteroatoms. The molecule has 1 nitrogen and oxygen atoms in total. The van der Waals surface area contributed by atoms with E-state index in [1.54, 1.807) is 0 Å². The van der Waals surface area contributed by atoms with Gasteiger partial charge < -0.3 is 5.11 Å². The summed E-state index contributed by atoms with van der Waals surface area (Å²) in [4.78, 5) is 0. The summed E-state index contributed by atoms with van der Waals surface area (Å²) in [5.41, 5.74) is 2.81. The summed E-state index contributed by atoms with van der Waals surface area (Å²) in [5, 5.41) is 10.00. The Balaban J connectivity index is 2.36. The van der Waals surface area contributed by atoms with Gasteiger partial charge in [0.2, 0.25) is 0 Å². The normalized spacial score (nSPS) is 39.2. The average molecular weight is 178 g/mol. The van der Waals surface area contributed by atoms with Crippen molar-refractivity contribution >= 4 is 0 Å². The lowest BCUT2D eigenvalue weighted by molar-refractivity contribution is 0.0637. The van der Waals surface area contributed by atoms with E-state index < -0.39 is 0 Å². The van der Waals surface area contributed by atoms with E-state index in [9.17, 15) is 5.11 Å². The largest absolute Gasteiger partial charge is 0.392 e. The molecule has 2 rings (SSSR count). The lowest BCUT2D eigenvalue weighted by Gasteiger charge is -2.41. The molecule has 72 valence electrons. The van der Waals surface area contributed by atoms with Gasteiger partial charge >= 0.3 is 0 Å². The van der Waals surface area contributed by atoms with Crippen LogP contribution in [0.2, 0.25) is 0 Å². The average Bonchev–Trinajstić information content (AvgIpc) is 2.07. The van der Waals surface area contributed by atoms with Crippen molar-refractivity contribution in [3.63, 3.8) is 0 Å². The number of fused-ring (bicyclic) bond motifs is 1. The van der Waals surface area contributed by atoms with E-state index in [4.69, 9.17) is 0 Å². The predicted molar refractivity (Wildman–Crippen MR) is 54.4 cm³/mol. The summed E-state index contributed by atoms with van der Waals surface area (Å²) in [5.74, 6) is 0. The number of aliphatic hydroxyl groups is 1. The Morgan fingerprint density at radius 2 is 2.31 bits per heavy atom. The van der Waals surface area contributed by atoms with Crippen molar-refractivity contribution in [2.24, 2.45) is 5.41 Å². The van der Waals surface area contributed by atoms with Crippen LogP contribution in [0.5, 0.6) is 0 Å². The summed E-state index contributed by atoms with van der Waals surface area (Å²) in [7, 11) is 0. The lowest BCUT2D eigenvalue weighted by Crippen LogP contribution is -2.37. The molecule has 0 spiro atoms. The van der Waals surface area contributed by atoms with Gasteiger partial charge in [0, 0.05) is 5.41 Å². The Morgan fingerprint density at radius 3 is 3.08 bits per heavy atom. The molecule has 2 atom stereocenters. The van der Waals surface area contributed by atoms with E-state index in [2.05, 4.69) is 26.0 Å². The fourth-order valence-corrected chi connectivity index (χ4v) is 2.63. The van der Waals surface area contributed by atoms with E-state index >= 15 is 0 Å². The summed E-state index contributed by atoms with van der Waals surface area (Å²) in [6, 6.07) is 0. The number of aliphatic hydroxyl groups excluding tert-OH is 1. The van der Waals surface area contributed by atoms with Crippen LogP contribution in [0.3, 0.4) is 0 Å². The molecule has 1 saturated carbocycles. The SMILES string of the molecule is CC1=C[C@@]2(C)C(=CC1)CCC[C@H]2O. The number of allylic oxidation sites excluding steroid dienone is 2. The number of hydrogen-bond acceptors (Lipinski definition) is 1. The standard InChI is InChI=1S/C12H18O/c1-9-6-7-10-4-3-5-11(13)12(10,2)8-9/h7-8,11,13H,3-6H2,1-2H3/t11-,12+/m1/s1. The van der Waals surface area contributed by atoms with Crippen LogP contribution in [0.25, 0.3) is 0 Å². The highest BCUT2D eigenvalue weighted by molar-refractivity contribution is 5.33. The van der Waals surface area contributed by atoms with Crippen molar-refractivity contribution in [3.05, 3.63) is 23.3 Å². The molecule has 13 heavy (non-hydrogen) atoms. The van der Waals surface area contributed by atoms with Crippen molar-refractivity contribution < 1.29 is 5.11 Å². The van der Waals surface area contributed by atoms with Gasteiger partial charge in [0.1, 0.15) is 0 Å². The van der Waals surface area contributed by atoms with Gasteiger partial charge in [0.25, 0.3) is 0 Å². The van der Waals surface area contributed by atoms with Crippen molar-refractivity contribution in [1.29, 1.82) is 0 Å². The minimum Gasteiger partial charge on any atom is -0.392 e. The highest BCUT2D eigenvalue weighted by Crippen LogP contribution is 2.45. The monoisotopic (exact) mass is 178 g/mol. The van der Waals surface area contributed by atoms with E-state index in [0.29, 0.717) is 0 Å². The maximum absolute atomic E-state index is 10.00. The summed E-state index contributed by atoms with van der Waals surface area (Å²) < 4.78 is 0. The molecular formula is C12H18O. The molecule has 1 N–H and O–H groups in total. The van der Waals surface area contributed by atoms with Gasteiger partial charge in [-0.05, 0) is 39.5 Å². The Hall–Kier alpha value is -0.560. The molecule has 0 aromatic rings. The molecule has 0 bridgehead atoms. The van der Waals surface area contributed by atoms with Gasteiger partial charge in [-0.3, -0.25) is 0 Å². The molecule has 0 saturated heterocycles. The summed E-state index contributed by atoms with van der Waals surface area (Å²) >= 11 is 0. The Bertz CT molecular complexity index is 275. The molecule has 0 aromatic carbocycles. The molecule has 0 aliphatic heterocycles. The topological polar surface area (TPSA) is 20.2 Å². The van der Waals surface area contributed by atoms with Crippen LogP contribution in [-0.2, 0) is 0 Å². The van der Waals surface area contributed by atoms with E-state index in [1.807, 2.05) is 0 Å². The maximum atomic E-state index is 10.00. The molecule has 0 unspecified atom stereocenters. The maximum Gasteiger partial charge on any atom is 0.0665 e. The van der Waals surface area contributed by atoms with Gasteiger partial charge in [-0.2, -0.15) is 0 Å². The van der Waals surface area contributed by atoms with Gasteiger partial charge in [0.05, 0.1) is 6.10 Å². The first-order chi connectivity index (χ1) is 6.13. The quantitative estimate of drug-likeness (QED) is 0.565. The van der Waals surface area contributed by atoms with Crippen molar-refractivity contribution in [2.45, 2.75) is 45.6 Å². The second-order valence-corrected chi connectivity index (χ2v) is 4.61. The predicted octanol–water partition coefficient (Wildman–Crippen LogP) is 2.81. The first-order valence-electron chi connectivity index (χ1n) is 5.19. The van der Waals surface area contributed by atoms with Crippen LogP contribution in [0.4, 0.5) is 0 Å². The summed E-state index contributed by atoms with van der Waals surface area (Å²) in [6.07, 6.45) is 8.79. The van der Waals surface area contributed by atoms with Gasteiger partial charge in [-0.25, -0.2) is 0 Å². The third-order valence-corrected chi connectivity index (χ3v) is 3.52. The minimum absolute atomic E-state index is 0.0411. The third-order valence-electron chi connectivity index (χ3n) is 3.52. The van der Waals surface area contributed by atoms with Gasteiger partial charge in [-0.1, -0.05) is 23.3 Å². The molecular weight excluding hydrogens is 160 g/mol. The number of hydrogen-bond donors (Lipinski definition) is 1. The zero-order valence-corrected chi connectivity index (χ0v) is 8.51. The molecule has 0 radical (unpaired) electrons. The lowest BCUT2D eigenvalue weighted by atomic mass is 9.66. The Labute approximate surface area is 80.2 Å². The molecule has 0 heterocycles. The van der Waals surface area contributed by atoms with E-state index in [1.165, 1.54) is 17.6 Å². The zero-order chi connectivity index (χ0) is 9.47. The number of rotatable bonds is 0. The van der Waals surface area contributed by atoms with E-state index in [0.717, 1.165) is 19.3 Å². The van der Waals surface area contributed by atoms with Crippen LogP contribution >= 0.6 is 0 Å². The van der Waals surface area contributed by atoms with E-state index in [-0.39, 0.29) is 11.5 Å². The van der Waals surface area contributed by atoms with Crippen LogP contribution in [0, 0.1) is 5.41 Å². The van der Waals surface area contributed by atoms with Crippen molar-refractivity contribution in [1.82, 2.24) is 0 Å². The molecule has 2 aliphatic carbocycles. The highest BCUT2D eigenvalue weighted by Gasteiger charge is 2.38. The van der Waals surface area contributed by atoms with Crippen molar-refractivity contribution in [2.75, 3.05) is 0 Å². The first kappa shape index (κ1) is 9.01. The molecule has 1 fully saturated rings. The molecule has 0 aromatic heterocycles. The fraction of sp³-hybridized carbons (Fsp3) is 0.667. The van der Waals surface area contributed by atoms with Crippen molar-refractivity contribution in [3.8, 4) is 0 Å². The summed E-state index contributed by atoms with van der Waals surface area (Å²) in [6.45, 7) is 4.32. The second kappa shape index (κ2) is 2.98. The smallest absolute Gasteiger partial charge is 0.0665 e. The third kappa shape index (κ3) is 1.35. The van der Waals surface area contributed by atoms with Crippen LogP contribution in [0.15, 0.2) is 23.3 Å². The minimum atomic E-state index is -0.164. The molecule has 2 aliphatic rings. The van der Waals surface area contributed by atoms with Crippen LogP contribution in [0.1, 0.15) is 39.5 Å². The van der Waals surface area contributed by atoms with Crippen LogP contribution < -0.4 is 0 Å². The molecule has 0 amide bonds.